The van der Waals surface area contributed by atoms with Crippen LogP contribution in [0.3, 0.4) is 0 Å². The fourth-order valence-electron chi connectivity index (χ4n) is 2.83. The number of benzene rings is 3. The Kier molecular flexibility index (Phi) is 7.09. The number of halogens is 1. The van der Waals surface area contributed by atoms with Gasteiger partial charge in [0.25, 0.3) is 5.91 Å². The summed E-state index contributed by atoms with van der Waals surface area (Å²) in [4.78, 5) is 25.6. The first-order chi connectivity index (χ1) is 14.5. The predicted molar refractivity (Wildman–Crippen MR) is 118 cm³/mol. The third kappa shape index (κ3) is 5.39. The molecule has 1 unspecified atom stereocenters. The minimum Gasteiger partial charge on any atom is -0.494 e. The summed E-state index contributed by atoms with van der Waals surface area (Å²) in [6, 6.07) is 20.6. The molecule has 3 aromatic rings. The molecule has 3 rings (SSSR count). The van der Waals surface area contributed by atoms with Gasteiger partial charge in [0.05, 0.1) is 12.3 Å². The molecular weight excluding hydrogens is 402 g/mol. The molecule has 0 spiro atoms. The molecular formula is C24H22ClNO4. The number of amides is 1. The normalized spacial score (nSPS) is 11.4. The molecule has 0 saturated heterocycles. The number of ether oxygens (including phenoxy) is 2. The molecule has 6 heteroatoms. The van der Waals surface area contributed by atoms with Crippen LogP contribution >= 0.6 is 11.6 Å². The van der Waals surface area contributed by atoms with Crippen LogP contribution in [-0.2, 0) is 4.79 Å². The summed E-state index contributed by atoms with van der Waals surface area (Å²) in [5, 5.41) is 3.18. The number of ketones is 1. The van der Waals surface area contributed by atoms with Crippen LogP contribution in [0.2, 0.25) is 5.02 Å². The lowest BCUT2D eigenvalue weighted by Gasteiger charge is -2.17. The first-order valence-corrected chi connectivity index (χ1v) is 9.95. The van der Waals surface area contributed by atoms with Crippen molar-refractivity contribution in [1.29, 1.82) is 0 Å². The zero-order chi connectivity index (χ0) is 21.5. The molecule has 0 aliphatic carbocycles. The second-order valence-corrected chi connectivity index (χ2v) is 6.98. The molecule has 1 N–H and O–H groups in total. The zero-order valence-corrected chi connectivity index (χ0v) is 17.5. The van der Waals surface area contributed by atoms with Gasteiger partial charge in [0.2, 0.25) is 0 Å². The Balaban J connectivity index is 1.73. The molecule has 0 bridgehead atoms. The van der Waals surface area contributed by atoms with Crippen molar-refractivity contribution in [3.05, 3.63) is 88.9 Å². The van der Waals surface area contributed by atoms with E-state index in [4.69, 9.17) is 21.1 Å². The van der Waals surface area contributed by atoms with E-state index in [1.807, 2.05) is 13.0 Å². The topological polar surface area (TPSA) is 64.6 Å². The lowest BCUT2D eigenvalue weighted by molar-refractivity contribution is -0.122. The molecule has 0 aliphatic rings. The van der Waals surface area contributed by atoms with E-state index in [0.717, 1.165) is 5.75 Å². The molecule has 1 atom stereocenters. The number of rotatable bonds is 8. The Morgan fingerprint density at radius 2 is 1.63 bits per heavy atom. The number of hydrogen-bond acceptors (Lipinski definition) is 4. The van der Waals surface area contributed by atoms with Crippen molar-refractivity contribution < 1.29 is 19.1 Å². The fourth-order valence-corrected chi connectivity index (χ4v) is 3.00. The quantitative estimate of drug-likeness (QED) is 0.494. The van der Waals surface area contributed by atoms with Gasteiger partial charge in [-0.25, -0.2) is 0 Å². The Hall–Kier alpha value is -3.31. The lowest BCUT2D eigenvalue weighted by Crippen LogP contribution is -2.30. The SMILES string of the molecule is CCOc1ccc(OC(C)C(=O)Nc2ccc(Cl)cc2C(=O)c2ccccc2)cc1. The van der Waals surface area contributed by atoms with Crippen LogP contribution in [0.1, 0.15) is 29.8 Å². The molecule has 0 fully saturated rings. The van der Waals surface area contributed by atoms with Crippen LogP contribution in [0.15, 0.2) is 72.8 Å². The minimum atomic E-state index is -0.779. The maximum absolute atomic E-state index is 12.9. The number of carbonyl (C=O) groups is 2. The summed E-state index contributed by atoms with van der Waals surface area (Å²) in [6.07, 6.45) is -0.779. The standard InChI is InChI=1S/C24H22ClNO4/c1-3-29-19-10-12-20(13-11-19)30-16(2)24(28)26-22-14-9-18(25)15-21(22)23(27)17-7-5-4-6-8-17/h4-16H,3H2,1-2H3,(H,26,28). The van der Waals surface area contributed by atoms with Gasteiger partial charge in [-0.2, -0.15) is 0 Å². The minimum absolute atomic E-state index is 0.228. The summed E-state index contributed by atoms with van der Waals surface area (Å²) in [5.74, 6) is 0.659. The molecule has 5 nitrogen and oxygen atoms in total. The maximum atomic E-state index is 12.9. The maximum Gasteiger partial charge on any atom is 0.265 e. The average Bonchev–Trinajstić information content (AvgIpc) is 2.76. The molecule has 30 heavy (non-hydrogen) atoms. The van der Waals surface area contributed by atoms with E-state index < -0.39 is 6.10 Å². The molecule has 0 radical (unpaired) electrons. The van der Waals surface area contributed by atoms with Crippen molar-refractivity contribution in [2.45, 2.75) is 20.0 Å². The van der Waals surface area contributed by atoms with Crippen LogP contribution < -0.4 is 14.8 Å². The van der Waals surface area contributed by atoms with Gasteiger partial charge in [-0.15, -0.1) is 0 Å². The summed E-state index contributed by atoms with van der Waals surface area (Å²) >= 11 is 6.09. The van der Waals surface area contributed by atoms with Crippen LogP contribution in [0.4, 0.5) is 5.69 Å². The summed E-state index contributed by atoms with van der Waals surface area (Å²) < 4.78 is 11.1. The number of hydrogen-bond donors (Lipinski definition) is 1. The van der Waals surface area contributed by atoms with Gasteiger partial charge in [0, 0.05) is 16.1 Å². The zero-order valence-electron chi connectivity index (χ0n) is 16.7. The Labute approximate surface area is 180 Å². The van der Waals surface area contributed by atoms with Crippen LogP contribution in [0, 0.1) is 0 Å². The van der Waals surface area contributed by atoms with E-state index in [2.05, 4.69) is 5.32 Å². The number of nitrogens with one attached hydrogen (secondary N) is 1. The smallest absolute Gasteiger partial charge is 0.265 e. The van der Waals surface area contributed by atoms with Gasteiger partial charge in [-0.05, 0) is 56.3 Å². The van der Waals surface area contributed by atoms with E-state index in [1.54, 1.807) is 73.7 Å². The molecule has 0 heterocycles. The summed E-state index contributed by atoms with van der Waals surface area (Å²) in [6.45, 7) is 4.12. The first kappa shape index (κ1) is 21.4. The number of carbonyl (C=O) groups excluding carboxylic acids is 2. The van der Waals surface area contributed by atoms with Gasteiger partial charge >= 0.3 is 0 Å². The first-order valence-electron chi connectivity index (χ1n) is 9.57. The van der Waals surface area contributed by atoms with Gasteiger partial charge in [0.15, 0.2) is 11.9 Å². The molecule has 1 amide bonds. The van der Waals surface area contributed by atoms with E-state index in [-0.39, 0.29) is 11.7 Å². The van der Waals surface area contributed by atoms with Crippen molar-refractivity contribution in [3.63, 3.8) is 0 Å². The third-order valence-electron chi connectivity index (χ3n) is 4.34. The summed E-state index contributed by atoms with van der Waals surface area (Å²) in [7, 11) is 0. The molecule has 154 valence electrons. The monoisotopic (exact) mass is 423 g/mol. The van der Waals surface area contributed by atoms with Crippen molar-refractivity contribution in [2.75, 3.05) is 11.9 Å². The second kappa shape index (κ2) is 9.94. The van der Waals surface area contributed by atoms with Gasteiger partial charge < -0.3 is 14.8 Å². The highest BCUT2D eigenvalue weighted by atomic mass is 35.5. The van der Waals surface area contributed by atoms with E-state index in [0.29, 0.717) is 34.2 Å². The Bertz CT molecular complexity index is 1020. The average molecular weight is 424 g/mol. The van der Waals surface area contributed by atoms with Gasteiger partial charge in [-0.1, -0.05) is 41.9 Å². The van der Waals surface area contributed by atoms with Crippen LogP contribution in [0.25, 0.3) is 0 Å². The van der Waals surface area contributed by atoms with Crippen molar-refractivity contribution >= 4 is 29.0 Å². The Morgan fingerprint density at radius 3 is 2.30 bits per heavy atom. The van der Waals surface area contributed by atoms with E-state index in [1.165, 1.54) is 0 Å². The fraction of sp³-hybridized carbons (Fsp3) is 0.167. The molecule has 0 saturated carbocycles. The van der Waals surface area contributed by atoms with E-state index >= 15 is 0 Å². The van der Waals surface area contributed by atoms with Crippen molar-refractivity contribution in [2.24, 2.45) is 0 Å². The number of anilines is 1. The van der Waals surface area contributed by atoms with Crippen molar-refractivity contribution in [3.8, 4) is 11.5 Å². The van der Waals surface area contributed by atoms with Crippen molar-refractivity contribution in [1.82, 2.24) is 0 Å². The Morgan fingerprint density at radius 1 is 0.967 bits per heavy atom. The second-order valence-electron chi connectivity index (χ2n) is 6.54. The molecule has 3 aromatic carbocycles. The highest BCUT2D eigenvalue weighted by molar-refractivity contribution is 6.31. The predicted octanol–water partition coefficient (Wildman–Crippen LogP) is 5.38. The largest absolute Gasteiger partial charge is 0.494 e. The van der Waals surface area contributed by atoms with Crippen LogP contribution in [0.5, 0.6) is 11.5 Å². The highest BCUT2D eigenvalue weighted by Gasteiger charge is 2.20. The lowest BCUT2D eigenvalue weighted by atomic mass is 10.0. The molecule has 0 aromatic heterocycles. The van der Waals surface area contributed by atoms with Gasteiger partial charge in [-0.3, -0.25) is 9.59 Å². The third-order valence-corrected chi connectivity index (χ3v) is 4.57. The van der Waals surface area contributed by atoms with Crippen LogP contribution in [-0.4, -0.2) is 24.4 Å². The van der Waals surface area contributed by atoms with Gasteiger partial charge in [0.1, 0.15) is 11.5 Å². The van der Waals surface area contributed by atoms with E-state index in [9.17, 15) is 9.59 Å². The molecule has 0 aliphatic heterocycles. The highest BCUT2D eigenvalue weighted by Crippen LogP contribution is 2.25. The summed E-state index contributed by atoms with van der Waals surface area (Å²) in [5.41, 5.74) is 1.20.